The third-order valence-electron chi connectivity index (χ3n) is 8.33. The maximum atomic E-state index is 14.6. The quantitative estimate of drug-likeness (QED) is 0.194. The van der Waals surface area contributed by atoms with Crippen molar-refractivity contribution in [3.8, 4) is 0 Å². The molecule has 2 atom stereocenters. The van der Waals surface area contributed by atoms with Gasteiger partial charge in [0, 0.05) is 12.3 Å². The Kier molecular flexibility index (Phi) is 7.19. The van der Waals surface area contributed by atoms with Gasteiger partial charge in [0.25, 0.3) is 0 Å². The fraction of sp³-hybridized carbons (Fsp3) is 0.909. The summed E-state index contributed by atoms with van der Waals surface area (Å²) in [4.78, 5) is 0. The van der Waals surface area contributed by atoms with Crippen molar-refractivity contribution >= 4 is 22.6 Å². The van der Waals surface area contributed by atoms with Crippen LogP contribution in [0.2, 0.25) is 0 Å². The molecule has 0 amide bonds. The number of hydrogen-bond donors (Lipinski definition) is 0. The maximum Gasteiger partial charge on any atom is 0.460 e. The molecule has 1 saturated heterocycles. The zero-order valence-corrected chi connectivity index (χ0v) is 21.0. The molecule has 0 aromatic rings. The van der Waals surface area contributed by atoms with Gasteiger partial charge < -0.3 is 4.74 Å². The summed E-state index contributed by atoms with van der Waals surface area (Å²) in [5.41, 5.74) is 0.977. The maximum absolute atomic E-state index is 14.6. The number of ether oxygens (including phenoxy) is 1. The molecular formula is C22H22F13IO. The summed E-state index contributed by atoms with van der Waals surface area (Å²) < 4.78 is 181. The van der Waals surface area contributed by atoms with Crippen molar-refractivity contribution in [2.75, 3.05) is 13.2 Å². The average molecular weight is 676 g/mol. The van der Waals surface area contributed by atoms with Gasteiger partial charge in [-0.15, -0.1) is 0 Å². The molecule has 1 aliphatic heterocycles. The summed E-state index contributed by atoms with van der Waals surface area (Å²) in [5, 5.41) is 0. The molecule has 5 rings (SSSR count). The number of rotatable bonds is 7. The van der Waals surface area contributed by atoms with Gasteiger partial charge >= 0.3 is 35.8 Å². The minimum atomic E-state index is -7.87. The van der Waals surface area contributed by atoms with Crippen LogP contribution < -0.4 is 0 Å². The normalized spacial score (nSPS) is 33.4. The van der Waals surface area contributed by atoms with Gasteiger partial charge in [-0.3, -0.25) is 0 Å². The zero-order chi connectivity index (χ0) is 28.0. The summed E-state index contributed by atoms with van der Waals surface area (Å²) in [7, 11) is 0. The molecule has 5 aliphatic rings. The Labute approximate surface area is 216 Å². The van der Waals surface area contributed by atoms with Crippen molar-refractivity contribution in [2.45, 2.75) is 74.3 Å². The van der Waals surface area contributed by atoms with Crippen LogP contribution in [0.3, 0.4) is 0 Å². The van der Waals surface area contributed by atoms with Gasteiger partial charge in [0.05, 0.1) is 13.2 Å². The smallest absolute Gasteiger partial charge is 0.380 e. The van der Waals surface area contributed by atoms with E-state index in [1.165, 1.54) is 0 Å². The van der Waals surface area contributed by atoms with Crippen LogP contribution in [0.15, 0.2) is 9.15 Å². The highest BCUT2D eigenvalue weighted by molar-refractivity contribution is 14.1. The van der Waals surface area contributed by atoms with Gasteiger partial charge in [-0.2, -0.15) is 57.1 Å². The molecule has 4 aliphatic carbocycles. The minimum absolute atomic E-state index is 0.152. The lowest BCUT2D eigenvalue weighted by Gasteiger charge is -2.52. The van der Waals surface area contributed by atoms with Crippen LogP contribution in [0.4, 0.5) is 57.1 Å². The van der Waals surface area contributed by atoms with E-state index in [1.807, 2.05) is 22.6 Å². The first-order valence-electron chi connectivity index (χ1n) is 11.6. The zero-order valence-electron chi connectivity index (χ0n) is 18.8. The summed E-state index contributed by atoms with van der Waals surface area (Å²) in [6.07, 6.45) is -5.00. The van der Waals surface area contributed by atoms with Crippen LogP contribution in [-0.2, 0) is 4.74 Å². The second-order valence-corrected chi connectivity index (χ2v) is 11.9. The van der Waals surface area contributed by atoms with Gasteiger partial charge in [0.2, 0.25) is 0 Å². The predicted octanol–water partition coefficient (Wildman–Crippen LogP) is 8.52. The molecule has 1 nitrogen and oxygen atoms in total. The molecule has 0 aromatic carbocycles. The first-order valence-corrected chi connectivity index (χ1v) is 12.7. The number of allylic oxidation sites excluding steroid dienone is 1. The third kappa shape index (κ3) is 4.37. The lowest BCUT2D eigenvalue weighted by Crippen LogP contribution is -2.70. The van der Waals surface area contributed by atoms with Crippen LogP contribution in [-0.4, -0.2) is 49.0 Å². The van der Waals surface area contributed by atoms with E-state index < -0.39 is 60.7 Å². The van der Waals surface area contributed by atoms with E-state index in [4.69, 9.17) is 4.74 Å². The first kappa shape index (κ1) is 29.5. The molecule has 0 radical (unpaired) electrons. The molecule has 37 heavy (non-hydrogen) atoms. The van der Waals surface area contributed by atoms with E-state index in [9.17, 15) is 57.1 Å². The molecule has 1 heterocycles. The van der Waals surface area contributed by atoms with Crippen LogP contribution >= 0.6 is 22.6 Å². The van der Waals surface area contributed by atoms with E-state index in [2.05, 4.69) is 0 Å². The highest BCUT2D eigenvalue weighted by Crippen LogP contribution is 2.62. The minimum Gasteiger partial charge on any atom is -0.380 e. The molecule has 4 saturated carbocycles. The Hall–Kier alpha value is -0.480. The fourth-order valence-electron chi connectivity index (χ4n) is 6.64. The number of alkyl halides is 13. The molecular weight excluding hydrogens is 654 g/mol. The highest BCUT2D eigenvalue weighted by Gasteiger charge is 2.90. The summed E-state index contributed by atoms with van der Waals surface area (Å²) >= 11 is 1.88. The average Bonchev–Trinajstić information content (AvgIpc) is 3.18. The van der Waals surface area contributed by atoms with Crippen molar-refractivity contribution in [3.63, 3.8) is 0 Å². The van der Waals surface area contributed by atoms with Gasteiger partial charge in [-0.1, -0.05) is 5.57 Å². The summed E-state index contributed by atoms with van der Waals surface area (Å²) in [6, 6.07) is 0. The number of hydrogen-bond acceptors (Lipinski definition) is 1. The lowest BCUT2D eigenvalue weighted by atomic mass is 9.54. The van der Waals surface area contributed by atoms with Crippen LogP contribution in [0, 0.1) is 35.5 Å². The monoisotopic (exact) mass is 676 g/mol. The first-order chi connectivity index (χ1) is 16.7. The standard InChI is InChI=1S/C22H22F13IO/c23-17(24,18(25,26)19(27,28)20(29,30)21(31,32)22(33,34)35)6-13-7-37-8-14(13)16(36)15-11-2-9-1-10(4-11)5-12(15)3-9/h9-14H,1-8H2. The van der Waals surface area contributed by atoms with Crippen molar-refractivity contribution < 1.29 is 61.8 Å². The van der Waals surface area contributed by atoms with Gasteiger partial charge in [0.1, 0.15) is 0 Å². The van der Waals surface area contributed by atoms with Crippen molar-refractivity contribution in [2.24, 2.45) is 35.5 Å². The van der Waals surface area contributed by atoms with E-state index in [1.54, 1.807) is 0 Å². The van der Waals surface area contributed by atoms with E-state index in [-0.39, 0.29) is 18.4 Å². The number of halogens is 14. The van der Waals surface area contributed by atoms with E-state index in [0.29, 0.717) is 15.4 Å². The van der Waals surface area contributed by atoms with Crippen LogP contribution in [0.5, 0.6) is 0 Å². The van der Waals surface area contributed by atoms with E-state index >= 15 is 0 Å². The van der Waals surface area contributed by atoms with Gasteiger partial charge in [-0.05, 0) is 87.9 Å². The topological polar surface area (TPSA) is 9.23 Å². The second-order valence-electron chi connectivity index (χ2n) is 10.7. The lowest BCUT2D eigenvalue weighted by molar-refractivity contribution is -0.440. The molecule has 2 unspecified atom stereocenters. The van der Waals surface area contributed by atoms with Crippen molar-refractivity contribution in [3.05, 3.63) is 9.15 Å². The van der Waals surface area contributed by atoms with Crippen LogP contribution in [0.1, 0.15) is 38.5 Å². The van der Waals surface area contributed by atoms with Crippen molar-refractivity contribution in [1.82, 2.24) is 0 Å². The Bertz CT molecular complexity index is 896. The Morgan fingerprint density at radius 2 is 1.11 bits per heavy atom. The molecule has 5 fully saturated rings. The largest absolute Gasteiger partial charge is 0.460 e. The van der Waals surface area contributed by atoms with Crippen LogP contribution in [0.25, 0.3) is 0 Å². The molecule has 214 valence electrons. The Balaban J connectivity index is 1.59. The van der Waals surface area contributed by atoms with Crippen molar-refractivity contribution in [1.29, 1.82) is 0 Å². The Morgan fingerprint density at radius 3 is 1.57 bits per heavy atom. The Morgan fingerprint density at radius 1 is 0.649 bits per heavy atom. The molecule has 15 heteroatoms. The molecule has 0 spiro atoms. The predicted molar refractivity (Wildman–Crippen MR) is 111 cm³/mol. The molecule has 4 bridgehead atoms. The summed E-state index contributed by atoms with van der Waals surface area (Å²) in [5.74, 6) is -37.8. The molecule has 0 aromatic heterocycles. The highest BCUT2D eigenvalue weighted by atomic mass is 127. The second kappa shape index (κ2) is 9.02. The summed E-state index contributed by atoms with van der Waals surface area (Å²) in [6.45, 7) is -0.865. The molecule has 0 N–H and O–H groups in total. The van der Waals surface area contributed by atoms with Gasteiger partial charge in [0.15, 0.2) is 0 Å². The van der Waals surface area contributed by atoms with E-state index in [0.717, 1.165) is 37.7 Å². The van der Waals surface area contributed by atoms with Gasteiger partial charge in [-0.25, -0.2) is 0 Å². The third-order valence-corrected chi connectivity index (χ3v) is 9.76. The SMILES string of the molecule is FC(F)(F)C(F)(F)C(F)(F)C(F)(F)C(F)(F)C(F)(F)CC1COCC1C(I)=C1C2CC3CC(C2)CC1C3. The fourth-order valence-corrected chi connectivity index (χ4v) is 8.20.